The Labute approximate surface area is 218 Å². The number of nitrogens with zero attached hydrogens (tertiary/aromatic N) is 5. The van der Waals surface area contributed by atoms with E-state index >= 15 is 0 Å². The molecule has 0 N–H and O–H groups in total. The summed E-state index contributed by atoms with van der Waals surface area (Å²) in [7, 11) is -1.26. The molecule has 13 heteroatoms. The molecular formula is C25H25N5O7S. The number of carbonyl (C=O) groups is 2. The van der Waals surface area contributed by atoms with Crippen LogP contribution in [0.15, 0.2) is 60.4 Å². The van der Waals surface area contributed by atoms with Gasteiger partial charge < -0.3 is 14.2 Å². The van der Waals surface area contributed by atoms with Gasteiger partial charge in [0.2, 0.25) is 5.82 Å². The number of rotatable bonds is 8. The number of ether oxygens (including phenoxy) is 3. The van der Waals surface area contributed by atoms with Crippen molar-refractivity contribution in [2.45, 2.75) is 36.6 Å². The molecule has 0 saturated carbocycles. The number of amides is 1. The van der Waals surface area contributed by atoms with E-state index in [-0.39, 0.29) is 30.2 Å². The standard InChI is InChI=1S/C25H25N5O7S/c1-15(31)37-21-19(13-16-7-5-4-6-8-16)38(33,34)25-22(36-3)24(32)30(25)20(21)23-26-27-28-29(23)14-17-9-11-18(35-2)12-10-17/h4-12,19,22,25H,13-14H2,1-3H3/t19?,22-,25-/m0/s1. The summed E-state index contributed by atoms with van der Waals surface area (Å²) in [6.07, 6.45) is -1.21. The number of benzene rings is 2. The molecule has 0 bridgehead atoms. The van der Waals surface area contributed by atoms with Crippen molar-refractivity contribution >= 4 is 27.4 Å². The van der Waals surface area contributed by atoms with Crippen LogP contribution in [-0.2, 0) is 41.9 Å². The maximum absolute atomic E-state index is 13.9. The van der Waals surface area contributed by atoms with Gasteiger partial charge in [-0.2, -0.15) is 0 Å². The first-order valence-corrected chi connectivity index (χ1v) is 13.3. The molecule has 1 fully saturated rings. The van der Waals surface area contributed by atoms with E-state index in [1.165, 1.54) is 18.7 Å². The minimum atomic E-state index is -4.10. The second kappa shape index (κ2) is 9.99. The zero-order valence-electron chi connectivity index (χ0n) is 20.8. The van der Waals surface area contributed by atoms with E-state index in [4.69, 9.17) is 14.2 Å². The predicted octanol–water partition coefficient (Wildman–Crippen LogP) is 1.18. The molecule has 3 aromatic rings. The molecule has 1 saturated heterocycles. The van der Waals surface area contributed by atoms with Gasteiger partial charge in [-0.15, -0.1) is 5.10 Å². The van der Waals surface area contributed by atoms with Gasteiger partial charge in [0.15, 0.2) is 27.1 Å². The molecule has 2 aliphatic heterocycles. The number of tetrazole rings is 1. The van der Waals surface area contributed by atoms with Crippen molar-refractivity contribution in [1.82, 2.24) is 25.1 Å². The van der Waals surface area contributed by atoms with E-state index in [9.17, 15) is 18.0 Å². The number of aromatic nitrogens is 4. The molecule has 1 unspecified atom stereocenters. The van der Waals surface area contributed by atoms with E-state index in [1.54, 1.807) is 43.5 Å². The minimum absolute atomic E-state index is 0.00426. The van der Waals surface area contributed by atoms with Gasteiger partial charge in [0.25, 0.3) is 5.91 Å². The molecular weight excluding hydrogens is 514 g/mol. The third-order valence-electron chi connectivity index (χ3n) is 6.50. The largest absolute Gasteiger partial charge is 0.497 e. The number of sulfone groups is 1. The molecule has 0 spiro atoms. The summed E-state index contributed by atoms with van der Waals surface area (Å²) in [5.74, 6) is -0.789. The van der Waals surface area contributed by atoms with E-state index in [0.29, 0.717) is 11.3 Å². The zero-order chi connectivity index (χ0) is 27.0. The van der Waals surface area contributed by atoms with E-state index in [2.05, 4.69) is 15.5 Å². The Morgan fingerprint density at radius 3 is 2.37 bits per heavy atom. The lowest BCUT2D eigenvalue weighted by atomic mass is 10.0. The van der Waals surface area contributed by atoms with E-state index in [1.807, 2.05) is 18.2 Å². The fraction of sp³-hybridized carbons (Fsp3) is 0.320. The molecule has 198 valence electrons. The zero-order valence-corrected chi connectivity index (χ0v) is 21.7. The number of carbonyl (C=O) groups excluding carboxylic acids is 2. The Morgan fingerprint density at radius 1 is 1.03 bits per heavy atom. The van der Waals surface area contributed by atoms with Crippen molar-refractivity contribution in [1.29, 1.82) is 0 Å². The van der Waals surface area contributed by atoms with Crippen LogP contribution in [0.3, 0.4) is 0 Å². The minimum Gasteiger partial charge on any atom is -0.497 e. The average Bonchev–Trinajstić information content (AvgIpc) is 3.35. The molecule has 0 aliphatic carbocycles. The molecule has 3 atom stereocenters. The van der Waals surface area contributed by atoms with E-state index < -0.39 is 38.4 Å². The van der Waals surface area contributed by atoms with Crippen molar-refractivity contribution in [3.8, 4) is 5.75 Å². The molecule has 1 aromatic heterocycles. The number of hydrogen-bond acceptors (Lipinski definition) is 10. The monoisotopic (exact) mass is 539 g/mol. The highest BCUT2D eigenvalue weighted by atomic mass is 32.2. The molecule has 1 amide bonds. The van der Waals surface area contributed by atoms with Gasteiger partial charge in [-0.25, -0.2) is 13.1 Å². The number of fused-ring (bicyclic) bond motifs is 1. The van der Waals surface area contributed by atoms with E-state index in [0.717, 1.165) is 10.5 Å². The number of hydrogen-bond donors (Lipinski definition) is 0. The van der Waals surface area contributed by atoms with Gasteiger partial charge in [0, 0.05) is 14.0 Å². The van der Waals surface area contributed by atoms with Gasteiger partial charge in [-0.3, -0.25) is 14.5 Å². The van der Waals surface area contributed by atoms with Crippen LogP contribution in [0.2, 0.25) is 0 Å². The van der Waals surface area contributed by atoms with Crippen LogP contribution in [0, 0.1) is 0 Å². The number of esters is 1. The highest BCUT2D eigenvalue weighted by Gasteiger charge is 2.64. The molecule has 38 heavy (non-hydrogen) atoms. The Bertz CT molecular complexity index is 1500. The van der Waals surface area contributed by atoms with Crippen LogP contribution in [0.25, 0.3) is 5.70 Å². The Morgan fingerprint density at radius 2 is 1.74 bits per heavy atom. The quantitative estimate of drug-likeness (QED) is 0.302. The molecule has 2 aliphatic rings. The lowest BCUT2D eigenvalue weighted by Crippen LogP contribution is -2.71. The first kappa shape index (κ1) is 25.5. The van der Waals surface area contributed by atoms with Gasteiger partial charge in [-0.1, -0.05) is 42.5 Å². The summed E-state index contributed by atoms with van der Waals surface area (Å²) in [5.41, 5.74) is 1.55. The van der Waals surface area contributed by atoms with Crippen LogP contribution in [0.1, 0.15) is 23.9 Å². The van der Waals surface area contributed by atoms with Crippen molar-refractivity contribution < 1.29 is 32.2 Å². The second-order valence-electron chi connectivity index (χ2n) is 8.84. The van der Waals surface area contributed by atoms with Crippen molar-refractivity contribution in [3.05, 3.63) is 77.3 Å². The SMILES string of the molecule is COc1ccc(Cn2nnnc2C2=C(OC(C)=O)C(Cc3ccccc3)S(=O)(=O)[C@H]3[C@@H](OC)C(=O)N23)cc1. The first-order chi connectivity index (χ1) is 18.3. The van der Waals surface area contributed by atoms with Crippen molar-refractivity contribution in [2.24, 2.45) is 0 Å². The average molecular weight is 540 g/mol. The topological polar surface area (TPSA) is 143 Å². The highest BCUT2D eigenvalue weighted by molar-refractivity contribution is 7.93. The summed E-state index contributed by atoms with van der Waals surface area (Å²) >= 11 is 0. The summed E-state index contributed by atoms with van der Waals surface area (Å²) < 4.78 is 45.2. The lowest BCUT2D eigenvalue weighted by Gasteiger charge is -2.50. The highest BCUT2D eigenvalue weighted by Crippen LogP contribution is 2.45. The maximum Gasteiger partial charge on any atom is 0.307 e. The van der Waals surface area contributed by atoms with Crippen LogP contribution in [-0.4, -0.2) is 76.3 Å². The second-order valence-corrected chi connectivity index (χ2v) is 11.1. The first-order valence-electron chi connectivity index (χ1n) is 11.7. The van der Waals surface area contributed by atoms with Gasteiger partial charge in [0.05, 0.1) is 13.7 Å². The molecule has 2 aromatic carbocycles. The van der Waals surface area contributed by atoms with Crippen LogP contribution >= 0.6 is 0 Å². The third kappa shape index (κ3) is 4.33. The molecule has 12 nitrogen and oxygen atoms in total. The van der Waals surface area contributed by atoms with Crippen LogP contribution in [0.4, 0.5) is 0 Å². The Kier molecular flexibility index (Phi) is 6.71. The lowest BCUT2D eigenvalue weighted by molar-refractivity contribution is -0.157. The van der Waals surface area contributed by atoms with Gasteiger partial charge >= 0.3 is 5.97 Å². The number of β-lactam (4-membered cyclic amide) rings is 1. The molecule has 5 rings (SSSR count). The maximum atomic E-state index is 13.9. The fourth-order valence-electron chi connectivity index (χ4n) is 4.71. The third-order valence-corrected chi connectivity index (χ3v) is 8.81. The van der Waals surface area contributed by atoms with Crippen molar-refractivity contribution in [2.75, 3.05) is 14.2 Å². The Hall–Kier alpha value is -4.10. The summed E-state index contributed by atoms with van der Waals surface area (Å²) in [5, 5.41) is 9.35. The fourth-order valence-corrected chi connectivity index (χ4v) is 7.00. The van der Waals surface area contributed by atoms with Crippen LogP contribution in [0.5, 0.6) is 5.75 Å². The summed E-state index contributed by atoms with van der Waals surface area (Å²) in [4.78, 5) is 26.4. The van der Waals surface area contributed by atoms with Crippen molar-refractivity contribution in [3.63, 3.8) is 0 Å². The molecule has 3 heterocycles. The molecule has 0 radical (unpaired) electrons. The Balaban J connectivity index is 1.67. The smallest absolute Gasteiger partial charge is 0.307 e. The van der Waals surface area contributed by atoms with Gasteiger partial charge in [-0.05, 0) is 40.1 Å². The predicted molar refractivity (Wildman–Crippen MR) is 133 cm³/mol. The summed E-state index contributed by atoms with van der Waals surface area (Å²) in [6, 6.07) is 16.2. The summed E-state index contributed by atoms with van der Waals surface area (Å²) in [6.45, 7) is 1.36. The normalized spacial score (nSPS) is 22.0. The van der Waals surface area contributed by atoms with Gasteiger partial charge in [0.1, 0.15) is 16.7 Å². The number of methoxy groups -OCH3 is 2. The van der Waals surface area contributed by atoms with Crippen LogP contribution < -0.4 is 4.74 Å².